The normalized spacial score (nSPS) is 12.0. The minimum Gasteiger partial charge on any atom is -0.479 e. The Bertz CT molecular complexity index is 5410. The molecule has 5 N–H and O–H groups in total. The predicted octanol–water partition coefficient (Wildman–Crippen LogP) is 24.9. The molecular weight excluding hydrogens is 1590 g/mol. The van der Waals surface area contributed by atoms with Gasteiger partial charge in [-0.3, -0.25) is 4.79 Å². The van der Waals surface area contributed by atoms with Crippen molar-refractivity contribution < 1.29 is 95.9 Å². The average molecular weight is 1690 g/mol. The number of halogens is 3. The number of aliphatic carboxylic acids is 5. The maximum absolute atomic E-state index is 12.2. The van der Waals surface area contributed by atoms with Crippen molar-refractivity contribution >= 4 is 84.6 Å². The van der Waals surface area contributed by atoms with Crippen LogP contribution < -0.4 is 28.4 Å². The van der Waals surface area contributed by atoms with E-state index in [9.17, 15) is 57.3 Å². The molecule has 12 rings (SSSR count). The van der Waals surface area contributed by atoms with E-state index < -0.39 is 66.7 Å². The number of carbonyl (C=O) groups excluding carboxylic acids is 1. The number of allylic oxidation sites excluding steroid dienone is 6. The van der Waals surface area contributed by atoms with Crippen molar-refractivity contribution in [2.75, 3.05) is 0 Å². The first-order valence-electron chi connectivity index (χ1n) is 38.9. The number of fused-ring (bicyclic) bond motifs is 2. The average Bonchev–Trinajstić information content (AvgIpc) is 1.66. The van der Waals surface area contributed by atoms with Gasteiger partial charge in [-0.05, 0) is 255 Å². The van der Waals surface area contributed by atoms with Gasteiger partial charge in [0.2, 0.25) is 0 Å². The van der Waals surface area contributed by atoms with Crippen LogP contribution in [0.1, 0.15) is 91.3 Å². The Morgan fingerprint density at radius 2 is 0.738 bits per heavy atom. The van der Waals surface area contributed by atoms with Crippen LogP contribution >= 0.6 is 22.7 Å². The molecule has 0 spiro atoms. The largest absolute Gasteiger partial charge is 0.573 e. The number of hydrogen-bond donors (Lipinski definition) is 5. The van der Waals surface area contributed by atoms with Crippen molar-refractivity contribution in [3.8, 4) is 78.3 Å². The summed E-state index contributed by atoms with van der Waals surface area (Å²) in [5.74, 6) is -2.86. The van der Waals surface area contributed by atoms with Crippen LogP contribution in [0, 0.1) is 13.8 Å². The number of hydrogen-bond acceptors (Lipinski definition) is 14. The van der Waals surface area contributed by atoms with E-state index in [0.717, 1.165) is 27.8 Å². The van der Waals surface area contributed by atoms with Crippen molar-refractivity contribution in [2.45, 2.75) is 115 Å². The minimum atomic E-state index is -4.73. The van der Waals surface area contributed by atoms with E-state index >= 15 is 0 Å². The van der Waals surface area contributed by atoms with Gasteiger partial charge in [0, 0.05) is 30.8 Å². The van der Waals surface area contributed by atoms with Crippen molar-refractivity contribution in [3.05, 3.63) is 346 Å². The lowest BCUT2D eigenvalue weighted by atomic mass is 9.98. The summed E-state index contributed by atoms with van der Waals surface area (Å²) in [5.41, 5.74) is 11.0. The molecule has 2 heterocycles. The van der Waals surface area contributed by atoms with Gasteiger partial charge in [0.1, 0.15) is 34.5 Å². The number of carboxylic acids is 5. The number of carbonyl (C=O) groups is 6. The van der Waals surface area contributed by atoms with Crippen LogP contribution in [0.25, 0.3) is 70.1 Å². The standard InChI is InChI=1S/C21H20O4.2C20H18O3S.C20H22O3.C19H17F3O4/c1-2-3-9-20(21(23)24)25-18-13-11-17(12-14-18)19(22)15-10-16-7-5-4-6-8-16;1-2-3-7-18(20(21)22)23-15-11-9-14(10-12-15)17-13-24-19-8-5-4-6-16(17)19;1-2-3-7-17(20(21)22)23-16-11-9-14(10-12-16)19-13-15-6-4-5-8-18(15)24-19;1-4-5-6-19(20(21)22)23-17-11-9-16(10-12-17)18-13-14(2)7-8-15(18)3;1-2-3-4-17(18(23)24)25-15-9-5-13(6-10-15)14-7-11-16(12-8-14)26-19(20,21)22/h2,4-8,10-15,20H,1,3,9H2,(H,23,24);2,4-6,8-13,18H,1,3,7H2,(H,21,22);2,4-6,8-13,17H,1,3,7H2,(H,21,22);4,7-13,19H,1,5-6H2,2-3H3,(H,21,22);2,5-12,17H,1,3-4H2,(H,23,24)/b15-10+;;;;. The van der Waals surface area contributed by atoms with Gasteiger partial charge in [-0.2, -0.15) is 0 Å². The second-order valence-electron chi connectivity index (χ2n) is 27.5. The fraction of sp³-hybridized carbons (Fsp3) is 0.180. The van der Waals surface area contributed by atoms with E-state index in [0.29, 0.717) is 104 Å². The van der Waals surface area contributed by atoms with Crippen LogP contribution in [0.3, 0.4) is 0 Å². The number of alkyl halides is 3. The van der Waals surface area contributed by atoms with Gasteiger partial charge in [-0.15, -0.1) is 68.7 Å². The molecule has 630 valence electrons. The maximum atomic E-state index is 12.2. The molecule has 0 radical (unpaired) electrons. The third-order valence-corrected chi connectivity index (χ3v) is 20.5. The lowest BCUT2D eigenvalue weighted by Gasteiger charge is -2.15. The van der Waals surface area contributed by atoms with Crippen LogP contribution in [0.5, 0.6) is 34.5 Å². The summed E-state index contributed by atoms with van der Waals surface area (Å²) >= 11 is 3.46. The second-order valence-corrected chi connectivity index (χ2v) is 29.5. The highest BCUT2D eigenvalue weighted by atomic mass is 32.1. The Morgan fingerprint density at radius 1 is 0.385 bits per heavy atom. The molecule has 12 aromatic rings. The molecule has 0 saturated carbocycles. The molecule has 0 bridgehead atoms. The third kappa shape index (κ3) is 30.5. The molecule has 0 saturated heterocycles. The Labute approximate surface area is 715 Å². The van der Waals surface area contributed by atoms with E-state index in [4.69, 9.17) is 33.9 Å². The molecule has 22 heteroatoms. The molecule has 0 aliphatic heterocycles. The van der Waals surface area contributed by atoms with Gasteiger partial charge in [0.25, 0.3) is 0 Å². The zero-order chi connectivity index (χ0) is 87.9. The molecule has 10 aromatic carbocycles. The molecular formula is C100H95F3O17S2. The summed E-state index contributed by atoms with van der Waals surface area (Å²) in [6.45, 7) is 22.1. The summed E-state index contributed by atoms with van der Waals surface area (Å²) in [6.07, 6.45) is 7.23. The van der Waals surface area contributed by atoms with Gasteiger partial charge in [0.15, 0.2) is 36.3 Å². The predicted molar refractivity (Wildman–Crippen MR) is 478 cm³/mol. The smallest absolute Gasteiger partial charge is 0.479 e. The monoisotopic (exact) mass is 1690 g/mol. The van der Waals surface area contributed by atoms with Crippen LogP contribution in [0.4, 0.5) is 13.2 Å². The number of benzene rings is 10. The van der Waals surface area contributed by atoms with E-state index in [2.05, 4.69) is 105 Å². The van der Waals surface area contributed by atoms with Crippen LogP contribution in [0.15, 0.2) is 323 Å². The lowest BCUT2D eigenvalue weighted by Crippen LogP contribution is -2.26. The molecule has 0 aliphatic carbocycles. The Balaban J connectivity index is 0.000000190. The van der Waals surface area contributed by atoms with Gasteiger partial charge in [0.05, 0.1) is 0 Å². The first kappa shape index (κ1) is 93.7. The van der Waals surface area contributed by atoms with E-state index in [1.165, 1.54) is 77.6 Å². The molecule has 17 nitrogen and oxygen atoms in total. The SMILES string of the molecule is C=CCCC(Oc1ccc(-c2cc(C)ccc2C)cc1)C(=O)O.C=CCCC(Oc1ccc(-c2cc3ccccc3s2)cc1)C(=O)O.C=CCCC(Oc1ccc(-c2ccc(OC(F)(F)F)cc2)cc1)C(=O)O.C=CCCC(Oc1ccc(-c2csc3ccccc23)cc1)C(=O)O.C=CCCC(Oc1ccc(C(=O)/C=C/c2ccccc2)cc1)C(=O)O. The zero-order valence-electron chi connectivity index (χ0n) is 67.4. The van der Waals surface area contributed by atoms with Crippen LogP contribution in [-0.4, -0.2) is 98.0 Å². The van der Waals surface area contributed by atoms with Crippen LogP contribution in [-0.2, 0) is 24.0 Å². The Hall–Kier alpha value is -13.8. The summed E-state index contributed by atoms with van der Waals surface area (Å²) < 4.78 is 70.5. The molecule has 5 atom stereocenters. The van der Waals surface area contributed by atoms with E-state index in [1.807, 2.05) is 127 Å². The quantitative estimate of drug-likeness (QED) is 0.0137. The third-order valence-electron chi connectivity index (χ3n) is 18.3. The van der Waals surface area contributed by atoms with E-state index in [-0.39, 0.29) is 11.5 Å². The van der Waals surface area contributed by atoms with Gasteiger partial charge in [-0.1, -0.05) is 175 Å². The lowest BCUT2D eigenvalue weighted by molar-refractivity contribution is -0.274. The first-order chi connectivity index (χ1) is 58.7. The van der Waals surface area contributed by atoms with Gasteiger partial charge >= 0.3 is 36.2 Å². The van der Waals surface area contributed by atoms with Crippen LogP contribution in [0.2, 0.25) is 0 Å². The van der Waals surface area contributed by atoms with E-state index in [1.54, 1.807) is 108 Å². The summed E-state index contributed by atoms with van der Waals surface area (Å²) in [5, 5.41) is 50.6. The highest BCUT2D eigenvalue weighted by molar-refractivity contribution is 7.22. The number of carboxylic acid groups (broad SMARTS) is 5. The molecule has 2 aromatic heterocycles. The fourth-order valence-electron chi connectivity index (χ4n) is 11.9. The van der Waals surface area contributed by atoms with Gasteiger partial charge in [-0.25, -0.2) is 24.0 Å². The molecule has 0 amide bonds. The highest BCUT2D eigenvalue weighted by Gasteiger charge is 2.31. The minimum absolute atomic E-state index is 0.128. The summed E-state index contributed by atoms with van der Waals surface area (Å²) in [6, 6.07) is 75.9. The molecule has 122 heavy (non-hydrogen) atoms. The number of thiophene rings is 2. The Kier molecular flexibility index (Phi) is 37.1. The summed E-state index contributed by atoms with van der Waals surface area (Å²) in [7, 11) is 0. The van der Waals surface area contributed by atoms with Crippen molar-refractivity contribution in [1.82, 2.24) is 0 Å². The summed E-state index contributed by atoms with van der Waals surface area (Å²) in [4.78, 5) is 69.4. The Morgan fingerprint density at radius 3 is 1.13 bits per heavy atom. The maximum Gasteiger partial charge on any atom is 0.573 e. The van der Waals surface area contributed by atoms with Gasteiger partial charge < -0.3 is 54.0 Å². The van der Waals surface area contributed by atoms with Crippen molar-refractivity contribution in [1.29, 1.82) is 0 Å². The molecule has 5 unspecified atom stereocenters. The number of ketones is 1. The number of ether oxygens (including phenoxy) is 6. The second kappa shape index (κ2) is 48.3. The zero-order valence-corrected chi connectivity index (χ0v) is 69.0. The first-order valence-corrected chi connectivity index (χ1v) is 40.6. The number of rotatable bonds is 38. The fourth-order valence-corrected chi connectivity index (χ4v) is 14.0. The van der Waals surface area contributed by atoms with Crippen molar-refractivity contribution in [2.24, 2.45) is 0 Å². The highest BCUT2D eigenvalue weighted by Crippen LogP contribution is 2.37. The van der Waals surface area contributed by atoms with Crippen molar-refractivity contribution in [3.63, 3.8) is 0 Å². The topological polar surface area (TPSA) is 259 Å². The molecule has 0 fully saturated rings. The molecule has 0 aliphatic rings. The number of aryl methyl sites for hydroxylation is 2.